The molecule has 0 aromatic carbocycles. The molecule has 1 aliphatic rings. The first-order chi connectivity index (χ1) is 17.4. The molecule has 0 aliphatic carbocycles. The van der Waals surface area contributed by atoms with Crippen molar-refractivity contribution in [3.63, 3.8) is 0 Å². The van der Waals surface area contributed by atoms with Crippen LogP contribution < -0.4 is 0 Å². The van der Waals surface area contributed by atoms with E-state index in [0.29, 0.717) is 6.42 Å². The van der Waals surface area contributed by atoms with Crippen molar-refractivity contribution in [2.45, 2.75) is 166 Å². The maximum Gasteiger partial charge on any atom is 0.303 e. The summed E-state index contributed by atoms with van der Waals surface area (Å²) in [6, 6.07) is 0. The summed E-state index contributed by atoms with van der Waals surface area (Å²) in [5.74, 6) is -0.772. The molecule has 8 heteroatoms. The summed E-state index contributed by atoms with van der Waals surface area (Å²) in [5, 5.41) is 48.6. The van der Waals surface area contributed by atoms with Gasteiger partial charge in [-0.05, 0) is 19.3 Å². The van der Waals surface area contributed by atoms with E-state index in [-0.39, 0.29) is 12.5 Å². The largest absolute Gasteiger partial charge is 0.481 e. The van der Waals surface area contributed by atoms with Crippen molar-refractivity contribution in [1.82, 2.24) is 0 Å². The van der Waals surface area contributed by atoms with Crippen LogP contribution in [0.2, 0.25) is 0 Å². The van der Waals surface area contributed by atoms with Crippen LogP contribution in [0.25, 0.3) is 0 Å². The van der Waals surface area contributed by atoms with Gasteiger partial charge in [0, 0.05) is 6.42 Å². The van der Waals surface area contributed by atoms with Gasteiger partial charge in [-0.15, -0.1) is 0 Å². The molecule has 5 N–H and O–H groups in total. The number of carboxylic acid groups (broad SMARTS) is 1. The molecule has 0 aromatic heterocycles. The standard InChI is InChI=1S/C28H54O8/c1-2-3-4-5-6-7-8-9-10-11-12-15-18-22(19-16-13-14-17-20-24(30)31)35-28-27(34)26(33)25(32)23(21-29)36-28/h22-23,25-29,32-34H,2-21H2,1H3,(H,30,31)/t22-,23+,25+,26-,27+,28+/m0/s1. The van der Waals surface area contributed by atoms with Gasteiger partial charge in [0.2, 0.25) is 0 Å². The number of hydrogen-bond donors (Lipinski definition) is 5. The van der Waals surface area contributed by atoms with Crippen molar-refractivity contribution in [3.8, 4) is 0 Å². The Kier molecular flexibility index (Phi) is 19.6. The summed E-state index contributed by atoms with van der Waals surface area (Å²) in [6.45, 7) is 1.77. The lowest BCUT2D eigenvalue weighted by Crippen LogP contribution is -2.59. The quantitative estimate of drug-likeness (QED) is 0.123. The van der Waals surface area contributed by atoms with E-state index in [1.807, 2.05) is 0 Å². The monoisotopic (exact) mass is 518 g/mol. The molecule has 6 atom stereocenters. The Morgan fingerprint density at radius 2 is 1.19 bits per heavy atom. The summed E-state index contributed by atoms with van der Waals surface area (Å²) < 4.78 is 11.6. The number of rotatable bonds is 23. The van der Waals surface area contributed by atoms with Crippen molar-refractivity contribution in [2.75, 3.05) is 6.61 Å². The van der Waals surface area contributed by atoms with Gasteiger partial charge in [0.1, 0.15) is 24.4 Å². The number of aliphatic carboxylic acids is 1. The molecule has 0 radical (unpaired) electrons. The van der Waals surface area contributed by atoms with E-state index in [2.05, 4.69) is 6.92 Å². The summed E-state index contributed by atoms with van der Waals surface area (Å²) in [6.07, 6.45) is 13.8. The van der Waals surface area contributed by atoms with E-state index in [4.69, 9.17) is 14.6 Å². The third-order valence-corrected chi connectivity index (χ3v) is 7.22. The SMILES string of the molecule is CCCCCCCCCCCCCC[C@@H](CCCCCCC(=O)O)O[C@@H]1O[C@H](CO)[C@@H](O)[C@H](O)[C@H]1O. The second kappa shape index (κ2) is 21.2. The molecule has 0 bridgehead atoms. The number of ether oxygens (including phenoxy) is 2. The lowest BCUT2D eigenvalue weighted by Gasteiger charge is -2.41. The van der Waals surface area contributed by atoms with Gasteiger partial charge in [-0.2, -0.15) is 0 Å². The molecule has 0 unspecified atom stereocenters. The first-order valence-corrected chi connectivity index (χ1v) is 14.6. The lowest BCUT2D eigenvalue weighted by atomic mass is 9.98. The van der Waals surface area contributed by atoms with Crippen LogP contribution in [0, 0.1) is 0 Å². The highest BCUT2D eigenvalue weighted by Gasteiger charge is 2.44. The lowest BCUT2D eigenvalue weighted by molar-refractivity contribution is -0.312. The van der Waals surface area contributed by atoms with E-state index < -0.39 is 43.3 Å². The van der Waals surface area contributed by atoms with Crippen molar-refractivity contribution >= 4 is 5.97 Å². The molecule has 0 amide bonds. The fraction of sp³-hybridized carbons (Fsp3) is 0.964. The zero-order valence-corrected chi connectivity index (χ0v) is 22.6. The Morgan fingerprint density at radius 3 is 1.67 bits per heavy atom. The van der Waals surface area contributed by atoms with E-state index in [1.54, 1.807) is 0 Å². The van der Waals surface area contributed by atoms with Crippen molar-refractivity contribution in [2.24, 2.45) is 0 Å². The average Bonchev–Trinajstić information content (AvgIpc) is 2.86. The fourth-order valence-corrected chi connectivity index (χ4v) is 4.86. The van der Waals surface area contributed by atoms with Crippen molar-refractivity contribution in [1.29, 1.82) is 0 Å². The smallest absolute Gasteiger partial charge is 0.303 e. The minimum Gasteiger partial charge on any atom is -0.481 e. The molecule has 214 valence electrons. The minimum absolute atomic E-state index is 0.172. The van der Waals surface area contributed by atoms with Gasteiger partial charge in [-0.3, -0.25) is 4.79 Å². The van der Waals surface area contributed by atoms with Gasteiger partial charge < -0.3 is 35.0 Å². The molecule has 1 heterocycles. The second-order valence-electron chi connectivity index (χ2n) is 10.5. The number of hydrogen-bond acceptors (Lipinski definition) is 7. The summed E-state index contributed by atoms with van der Waals surface area (Å²) in [5.41, 5.74) is 0. The van der Waals surface area contributed by atoms with Gasteiger partial charge in [0.15, 0.2) is 6.29 Å². The number of aliphatic hydroxyl groups is 4. The Labute approximate surface area is 218 Å². The maximum atomic E-state index is 10.7. The molecule has 36 heavy (non-hydrogen) atoms. The zero-order chi connectivity index (χ0) is 26.6. The third kappa shape index (κ3) is 14.8. The predicted molar refractivity (Wildman–Crippen MR) is 140 cm³/mol. The summed E-state index contributed by atoms with van der Waals surface area (Å²) in [7, 11) is 0. The molecule has 8 nitrogen and oxygen atoms in total. The number of carboxylic acids is 1. The summed E-state index contributed by atoms with van der Waals surface area (Å²) in [4.78, 5) is 10.7. The molecule has 1 aliphatic heterocycles. The molecule has 0 spiro atoms. The maximum absolute atomic E-state index is 10.7. The Balaban J connectivity index is 2.35. The number of aliphatic hydroxyl groups excluding tert-OH is 4. The van der Waals surface area contributed by atoms with E-state index in [1.165, 1.54) is 64.2 Å². The van der Waals surface area contributed by atoms with Crippen LogP contribution >= 0.6 is 0 Å². The van der Waals surface area contributed by atoms with Crippen molar-refractivity contribution in [3.05, 3.63) is 0 Å². The highest BCUT2D eigenvalue weighted by Crippen LogP contribution is 2.26. The van der Waals surface area contributed by atoms with Gasteiger partial charge >= 0.3 is 5.97 Å². The van der Waals surface area contributed by atoms with Crippen LogP contribution in [0.4, 0.5) is 0 Å². The first-order valence-electron chi connectivity index (χ1n) is 14.6. The van der Waals surface area contributed by atoms with E-state index >= 15 is 0 Å². The van der Waals surface area contributed by atoms with E-state index in [0.717, 1.165) is 44.9 Å². The minimum atomic E-state index is -1.44. The Hall–Kier alpha value is -0.770. The predicted octanol–water partition coefficient (Wildman–Crippen LogP) is 4.69. The highest BCUT2D eigenvalue weighted by atomic mass is 16.7. The fourth-order valence-electron chi connectivity index (χ4n) is 4.86. The van der Waals surface area contributed by atoms with Crippen molar-refractivity contribution < 1.29 is 39.8 Å². The van der Waals surface area contributed by atoms with Crippen LogP contribution in [-0.4, -0.2) is 74.9 Å². The van der Waals surface area contributed by atoms with Crippen LogP contribution in [0.5, 0.6) is 0 Å². The molecule has 1 fully saturated rings. The highest BCUT2D eigenvalue weighted by molar-refractivity contribution is 5.66. The average molecular weight is 519 g/mol. The van der Waals surface area contributed by atoms with Gasteiger partial charge in [-0.1, -0.05) is 103 Å². The topological polar surface area (TPSA) is 137 Å². The Bertz CT molecular complexity index is 530. The Morgan fingerprint density at radius 1 is 0.722 bits per heavy atom. The second-order valence-corrected chi connectivity index (χ2v) is 10.5. The van der Waals surface area contributed by atoms with Crippen LogP contribution in [0.15, 0.2) is 0 Å². The molecular weight excluding hydrogens is 464 g/mol. The van der Waals surface area contributed by atoms with Gasteiger partial charge in [0.25, 0.3) is 0 Å². The zero-order valence-electron chi connectivity index (χ0n) is 22.6. The van der Waals surface area contributed by atoms with E-state index in [9.17, 15) is 25.2 Å². The molecular formula is C28H54O8. The third-order valence-electron chi connectivity index (χ3n) is 7.22. The first kappa shape index (κ1) is 33.3. The number of carbonyl (C=O) groups is 1. The molecule has 0 aromatic rings. The van der Waals surface area contributed by atoms with Gasteiger partial charge in [0.05, 0.1) is 12.7 Å². The summed E-state index contributed by atoms with van der Waals surface area (Å²) >= 11 is 0. The molecule has 0 saturated carbocycles. The molecule has 1 saturated heterocycles. The molecule has 1 rings (SSSR count). The normalized spacial score (nSPS) is 25.2. The number of unbranched alkanes of at least 4 members (excludes halogenated alkanes) is 14. The van der Waals surface area contributed by atoms with Crippen LogP contribution in [0.1, 0.15) is 129 Å². The van der Waals surface area contributed by atoms with Gasteiger partial charge in [-0.25, -0.2) is 0 Å². The van der Waals surface area contributed by atoms with Crippen LogP contribution in [0.3, 0.4) is 0 Å². The van der Waals surface area contributed by atoms with Crippen LogP contribution in [-0.2, 0) is 14.3 Å².